The molecule has 0 unspecified atom stereocenters. The number of nitrogens with one attached hydrogen (secondary N) is 1. The Balaban J connectivity index is 3.05. The van der Waals surface area contributed by atoms with E-state index >= 15 is 0 Å². The highest BCUT2D eigenvalue weighted by atomic mass is 79.9. The fraction of sp³-hybridized carbons (Fsp3) is 0.333. The van der Waals surface area contributed by atoms with Crippen LogP contribution in [0.25, 0.3) is 0 Å². The van der Waals surface area contributed by atoms with Crippen molar-refractivity contribution in [3.8, 4) is 5.75 Å². The number of aliphatic hydroxyl groups is 1. The molecule has 72 valence electrons. The first-order valence-electron chi connectivity index (χ1n) is 3.96. The van der Waals surface area contributed by atoms with Crippen molar-refractivity contribution in [3.63, 3.8) is 0 Å². The Kier molecular flexibility index (Phi) is 3.71. The molecule has 1 aromatic rings. The van der Waals surface area contributed by atoms with Crippen LogP contribution in [0.2, 0.25) is 0 Å². The van der Waals surface area contributed by atoms with Gasteiger partial charge in [0, 0.05) is 0 Å². The third kappa shape index (κ3) is 2.21. The summed E-state index contributed by atoms with van der Waals surface area (Å²) in [4.78, 5) is 0. The van der Waals surface area contributed by atoms with Crippen molar-refractivity contribution in [1.82, 2.24) is 5.32 Å². The van der Waals surface area contributed by atoms with E-state index in [1.54, 1.807) is 19.2 Å². The number of rotatable bonds is 3. The standard InChI is InChI=1S/C9H12BrNO2/c1-11-7(5-12)6-3-2-4-8(13)9(6)10/h2-4,7,11-13H,5H2,1H3/t7-/m1/s1. The van der Waals surface area contributed by atoms with E-state index in [4.69, 9.17) is 5.11 Å². The third-order valence-electron chi connectivity index (χ3n) is 1.91. The summed E-state index contributed by atoms with van der Waals surface area (Å²) in [7, 11) is 1.76. The number of aliphatic hydroxyl groups excluding tert-OH is 1. The number of aromatic hydroxyl groups is 1. The van der Waals surface area contributed by atoms with Gasteiger partial charge in [-0.2, -0.15) is 0 Å². The minimum atomic E-state index is -0.151. The summed E-state index contributed by atoms with van der Waals surface area (Å²) in [6.07, 6.45) is 0. The maximum atomic E-state index is 9.38. The van der Waals surface area contributed by atoms with E-state index in [-0.39, 0.29) is 18.4 Å². The number of benzene rings is 1. The normalized spacial score (nSPS) is 12.8. The first-order chi connectivity index (χ1) is 6.20. The number of hydrogen-bond acceptors (Lipinski definition) is 3. The number of phenolic OH excluding ortho intramolecular Hbond substituents is 1. The van der Waals surface area contributed by atoms with Crippen LogP contribution in [-0.4, -0.2) is 23.9 Å². The molecule has 0 heterocycles. The molecule has 0 aliphatic rings. The van der Waals surface area contributed by atoms with Crippen molar-refractivity contribution in [1.29, 1.82) is 0 Å². The van der Waals surface area contributed by atoms with Crippen LogP contribution in [0, 0.1) is 0 Å². The van der Waals surface area contributed by atoms with E-state index in [2.05, 4.69) is 21.2 Å². The molecule has 13 heavy (non-hydrogen) atoms. The monoisotopic (exact) mass is 245 g/mol. The molecule has 0 aromatic heterocycles. The van der Waals surface area contributed by atoms with E-state index in [1.165, 1.54) is 0 Å². The van der Waals surface area contributed by atoms with Crippen LogP contribution in [-0.2, 0) is 0 Å². The molecule has 0 aliphatic heterocycles. The summed E-state index contributed by atoms with van der Waals surface area (Å²) in [6.45, 7) is -0.00144. The highest BCUT2D eigenvalue weighted by Gasteiger charge is 2.12. The molecule has 0 saturated heterocycles. The molecule has 3 N–H and O–H groups in total. The van der Waals surface area contributed by atoms with Gasteiger partial charge in [0.2, 0.25) is 0 Å². The van der Waals surface area contributed by atoms with Gasteiger partial charge in [-0.1, -0.05) is 12.1 Å². The van der Waals surface area contributed by atoms with Gasteiger partial charge in [-0.3, -0.25) is 0 Å². The first-order valence-corrected chi connectivity index (χ1v) is 4.75. The summed E-state index contributed by atoms with van der Waals surface area (Å²) < 4.78 is 0.628. The Morgan fingerprint density at radius 1 is 1.54 bits per heavy atom. The van der Waals surface area contributed by atoms with Gasteiger partial charge < -0.3 is 15.5 Å². The number of likely N-dealkylation sites (N-methyl/N-ethyl adjacent to an activating group) is 1. The van der Waals surface area contributed by atoms with Gasteiger partial charge in [0.05, 0.1) is 17.1 Å². The van der Waals surface area contributed by atoms with Gasteiger partial charge in [-0.15, -0.1) is 0 Å². The van der Waals surface area contributed by atoms with Crippen molar-refractivity contribution in [2.75, 3.05) is 13.7 Å². The number of hydrogen-bond donors (Lipinski definition) is 3. The van der Waals surface area contributed by atoms with Crippen LogP contribution in [0.5, 0.6) is 5.75 Å². The van der Waals surface area contributed by atoms with Crippen LogP contribution in [0.1, 0.15) is 11.6 Å². The largest absolute Gasteiger partial charge is 0.507 e. The van der Waals surface area contributed by atoms with Crippen molar-refractivity contribution in [3.05, 3.63) is 28.2 Å². The maximum Gasteiger partial charge on any atom is 0.130 e. The molecule has 4 heteroatoms. The smallest absolute Gasteiger partial charge is 0.130 e. The van der Waals surface area contributed by atoms with Crippen molar-refractivity contribution >= 4 is 15.9 Å². The molecule has 0 radical (unpaired) electrons. The second-order valence-corrected chi connectivity index (χ2v) is 3.50. The summed E-state index contributed by atoms with van der Waals surface area (Å²) in [5, 5.41) is 21.4. The molecule has 1 rings (SSSR count). The van der Waals surface area contributed by atoms with E-state index < -0.39 is 0 Å². The predicted octanol–water partition coefficient (Wildman–Crippen LogP) is 1.41. The second kappa shape index (κ2) is 4.60. The van der Waals surface area contributed by atoms with E-state index in [9.17, 15) is 5.11 Å². The molecule has 1 atom stereocenters. The average Bonchev–Trinajstić information content (AvgIpc) is 2.14. The summed E-state index contributed by atoms with van der Waals surface area (Å²) in [6, 6.07) is 5.04. The number of halogens is 1. The molecule has 0 amide bonds. The molecule has 0 saturated carbocycles. The minimum absolute atomic E-state index is 0.00144. The summed E-state index contributed by atoms with van der Waals surface area (Å²) in [5.41, 5.74) is 0.852. The lowest BCUT2D eigenvalue weighted by atomic mass is 10.1. The van der Waals surface area contributed by atoms with E-state index in [1.807, 2.05) is 6.07 Å². The second-order valence-electron chi connectivity index (χ2n) is 2.70. The van der Waals surface area contributed by atoms with Crippen molar-refractivity contribution in [2.45, 2.75) is 6.04 Å². The van der Waals surface area contributed by atoms with Gasteiger partial charge in [0.15, 0.2) is 0 Å². The average molecular weight is 246 g/mol. The molecule has 3 nitrogen and oxygen atoms in total. The van der Waals surface area contributed by atoms with Gasteiger partial charge in [-0.05, 0) is 34.6 Å². The Labute approximate surface area is 85.5 Å². The molecular formula is C9H12BrNO2. The molecule has 0 aliphatic carbocycles. The Hall–Kier alpha value is -0.580. The molecule has 0 spiro atoms. The van der Waals surface area contributed by atoms with Crippen molar-refractivity contribution < 1.29 is 10.2 Å². The summed E-state index contributed by atoms with van der Waals surface area (Å²) >= 11 is 3.26. The fourth-order valence-corrected chi connectivity index (χ4v) is 1.69. The molecule has 0 bridgehead atoms. The summed E-state index contributed by atoms with van der Waals surface area (Å²) in [5.74, 6) is 0.186. The van der Waals surface area contributed by atoms with E-state index in [0.29, 0.717) is 4.47 Å². The van der Waals surface area contributed by atoms with Crippen LogP contribution < -0.4 is 5.32 Å². The molecule has 1 aromatic carbocycles. The Bertz CT molecular complexity index is 287. The minimum Gasteiger partial charge on any atom is -0.507 e. The van der Waals surface area contributed by atoms with Gasteiger partial charge in [0.25, 0.3) is 0 Å². The quantitative estimate of drug-likeness (QED) is 0.755. The van der Waals surface area contributed by atoms with Crippen LogP contribution in [0.4, 0.5) is 0 Å². The third-order valence-corrected chi connectivity index (χ3v) is 2.78. The zero-order valence-corrected chi connectivity index (χ0v) is 8.87. The maximum absolute atomic E-state index is 9.38. The highest BCUT2D eigenvalue weighted by Crippen LogP contribution is 2.30. The molecular weight excluding hydrogens is 234 g/mol. The van der Waals surface area contributed by atoms with Crippen LogP contribution in [0.3, 0.4) is 0 Å². The van der Waals surface area contributed by atoms with Gasteiger partial charge in [0.1, 0.15) is 5.75 Å². The zero-order valence-electron chi connectivity index (χ0n) is 7.29. The Morgan fingerprint density at radius 2 is 2.23 bits per heavy atom. The lowest BCUT2D eigenvalue weighted by Crippen LogP contribution is -2.20. The topological polar surface area (TPSA) is 52.5 Å². The van der Waals surface area contributed by atoms with Crippen LogP contribution >= 0.6 is 15.9 Å². The SMILES string of the molecule is CN[C@H](CO)c1cccc(O)c1Br. The zero-order chi connectivity index (χ0) is 9.84. The van der Waals surface area contributed by atoms with E-state index in [0.717, 1.165) is 5.56 Å². The lowest BCUT2D eigenvalue weighted by molar-refractivity contribution is 0.250. The number of phenols is 1. The van der Waals surface area contributed by atoms with Gasteiger partial charge in [-0.25, -0.2) is 0 Å². The predicted molar refractivity (Wildman–Crippen MR) is 54.7 cm³/mol. The fourth-order valence-electron chi connectivity index (χ4n) is 1.15. The van der Waals surface area contributed by atoms with Crippen LogP contribution in [0.15, 0.2) is 22.7 Å². The Morgan fingerprint density at radius 3 is 2.77 bits per heavy atom. The first kappa shape index (κ1) is 10.5. The molecule has 0 fully saturated rings. The lowest BCUT2D eigenvalue weighted by Gasteiger charge is -2.15. The van der Waals surface area contributed by atoms with Gasteiger partial charge >= 0.3 is 0 Å². The van der Waals surface area contributed by atoms with Crippen molar-refractivity contribution in [2.24, 2.45) is 0 Å². The highest BCUT2D eigenvalue weighted by molar-refractivity contribution is 9.10.